The maximum absolute atomic E-state index is 12.5. The van der Waals surface area contributed by atoms with Gasteiger partial charge in [-0.1, -0.05) is 65.9 Å². The quantitative estimate of drug-likeness (QED) is 0.334. The molecule has 3 aromatic carbocycles. The summed E-state index contributed by atoms with van der Waals surface area (Å²) in [4.78, 5) is 40.4. The molecule has 0 saturated carbocycles. The Hall–Kier alpha value is -4.50. The molecule has 1 aliphatic carbocycles. The summed E-state index contributed by atoms with van der Waals surface area (Å²) in [7, 11) is 0. The second-order valence-electron chi connectivity index (χ2n) is 7.82. The number of hydrogen-bond donors (Lipinski definition) is 3. The molecule has 3 N–H and O–H groups in total. The molecule has 35 heavy (non-hydrogen) atoms. The summed E-state index contributed by atoms with van der Waals surface area (Å²) < 4.78 is 5.51. The van der Waals surface area contributed by atoms with Gasteiger partial charge in [0.1, 0.15) is 11.5 Å². The smallest absolute Gasteiger partial charge is 0.413 e. The largest absolute Gasteiger partial charge is 0.478 e. The summed E-state index contributed by atoms with van der Waals surface area (Å²) in [5, 5.41) is 14.5. The number of nitrogens with one attached hydrogen (secondary N) is 2. The molecule has 0 saturated heterocycles. The van der Waals surface area contributed by atoms with Gasteiger partial charge in [-0.3, -0.25) is 10.1 Å². The first-order valence-corrected chi connectivity index (χ1v) is 11.5. The predicted octanol–water partition coefficient (Wildman–Crippen LogP) is 5.45. The number of anilines is 2. The third-order valence-electron chi connectivity index (χ3n) is 5.65. The Kier molecular flexibility index (Phi) is 5.99. The van der Waals surface area contributed by atoms with E-state index >= 15 is 0 Å². The minimum atomic E-state index is -1.09. The first kappa shape index (κ1) is 22.3. The maximum atomic E-state index is 12.5. The number of thiazole rings is 1. The summed E-state index contributed by atoms with van der Waals surface area (Å²) in [5.74, 6) is -1.62. The lowest BCUT2D eigenvalue weighted by Crippen LogP contribution is -2.17. The van der Waals surface area contributed by atoms with Crippen molar-refractivity contribution in [1.29, 1.82) is 0 Å². The van der Waals surface area contributed by atoms with Gasteiger partial charge in [0.2, 0.25) is 0 Å². The Morgan fingerprint density at radius 2 is 1.60 bits per heavy atom. The normalized spacial score (nSPS) is 11.9. The van der Waals surface area contributed by atoms with Crippen molar-refractivity contribution in [1.82, 2.24) is 4.98 Å². The molecule has 174 valence electrons. The lowest BCUT2D eigenvalue weighted by molar-refractivity contribution is 0.0696. The molecule has 9 heteroatoms. The average Bonchev–Trinajstić information content (AvgIpc) is 3.46. The van der Waals surface area contributed by atoms with Crippen LogP contribution in [0, 0.1) is 0 Å². The molecule has 0 atom stereocenters. The van der Waals surface area contributed by atoms with Gasteiger partial charge in [0.15, 0.2) is 5.13 Å². The third kappa shape index (κ3) is 4.62. The highest BCUT2D eigenvalue weighted by atomic mass is 32.1. The molecule has 0 radical (unpaired) electrons. The Balaban J connectivity index is 1.20. The zero-order chi connectivity index (χ0) is 24.4. The Bertz CT molecular complexity index is 1400. The molecule has 4 aromatic rings. The van der Waals surface area contributed by atoms with Crippen LogP contribution in [-0.2, 0) is 4.74 Å². The van der Waals surface area contributed by atoms with E-state index in [1.807, 2.05) is 36.4 Å². The van der Waals surface area contributed by atoms with Crippen molar-refractivity contribution in [3.8, 4) is 11.1 Å². The molecular formula is C26H19N3O5S. The third-order valence-corrected chi connectivity index (χ3v) is 6.56. The van der Waals surface area contributed by atoms with E-state index in [1.54, 1.807) is 6.07 Å². The fourth-order valence-corrected chi connectivity index (χ4v) is 4.78. The van der Waals surface area contributed by atoms with Crippen LogP contribution in [0.3, 0.4) is 0 Å². The number of benzene rings is 3. The predicted molar refractivity (Wildman–Crippen MR) is 132 cm³/mol. The number of hydrogen-bond acceptors (Lipinski definition) is 6. The van der Waals surface area contributed by atoms with Crippen LogP contribution in [0.15, 0.2) is 79.0 Å². The molecule has 1 aliphatic rings. The van der Waals surface area contributed by atoms with E-state index in [0.29, 0.717) is 5.69 Å². The lowest BCUT2D eigenvalue weighted by atomic mass is 9.98. The fraction of sp³-hybridized carbons (Fsp3) is 0.0769. The molecule has 0 bridgehead atoms. The highest BCUT2D eigenvalue weighted by Crippen LogP contribution is 2.44. The van der Waals surface area contributed by atoms with Crippen LogP contribution in [0.2, 0.25) is 0 Å². The molecular weight excluding hydrogens is 466 g/mol. The van der Waals surface area contributed by atoms with Crippen molar-refractivity contribution in [2.75, 3.05) is 17.2 Å². The number of nitrogens with zero attached hydrogens (tertiary/aromatic N) is 1. The Labute approximate surface area is 204 Å². The van der Waals surface area contributed by atoms with Crippen molar-refractivity contribution in [2.45, 2.75) is 5.92 Å². The number of rotatable bonds is 6. The molecule has 0 fully saturated rings. The SMILES string of the molecule is O=C(Nc1ncc(C(=O)Nc2cccc(C(=O)O)c2)s1)OCC1c2ccccc2-c2ccccc21. The van der Waals surface area contributed by atoms with Crippen molar-refractivity contribution in [3.05, 3.63) is 101 Å². The summed E-state index contributed by atoms with van der Waals surface area (Å²) in [6.07, 6.45) is 0.669. The van der Waals surface area contributed by atoms with Crippen LogP contribution in [0.4, 0.5) is 15.6 Å². The van der Waals surface area contributed by atoms with Crippen LogP contribution >= 0.6 is 11.3 Å². The molecule has 2 amide bonds. The molecule has 0 spiro atoms. The second kappa shape index (κ2) is 9.40. The number of aromatic nitrogens is 1. The summed E-state index contributed by atoms with van der Waals surface area (Å²) in [5.41, 5.74) is 4.91. The Morgan fingerprint density at radius 1 is 0.914 bits per heavy atom. The highest BCUT2D eigenvalue weighted by molar-refractivity contribution is 7.17. The van der Waals surface area contributed by atoms with Crippen LogP contribution in [0.25, 0.3) is 11.1 Å². The maximum Gasteiger partial charge on any atom is 0.413 e. The average molecular weight is 486 g/mol. The number of carboxylic acid groups (broad SMARTS) is 1. The van der Waals surface area contributed by atoms with Gasteiger partial charge in [0.05, 0.1) is 11.8 Å². The summed E-state index contributed by atoms with van der Waals surface area (Å²) >= 11 is 0.983. The zero-order valence-electron chi connectivity index (χ0n) is 18.2. The van der Waals surface area contributed by atoms with E-state index in [4.69, 9.17) is 9.84 Å². The monoisotopic (exact) mass is 485 g/mol. The van der Waals surface area contributed by atoms with Crippen molar-refractivity contribution in [2.24, 2.45) is 0 Å². The number of carboxylic acids is 1. The van der Waals surface area contributed by atoms with Gasteiger partial charge < -0.3 is 15.2 Å². The van der Waals surface area contributed by atoms with E-state index in [2.05, 4.69) is 27.8 Å². The summed E-state index contributed by atoms with van der Waals surface area (Å²) in [6, 6.07) is 22.0. The van der Waals surface area contributed by atoms with Gasteiger partial charge in [0, 0.05) is 11.6 Å². The number of ether oxygens (including phenoxy) is 1. The van der Waals surface area contributed by atoms with Crippen molar-refractivity contribution >= 4 is 40.1 Å². The van der Waals surface area contributed by atoms with E-state index in [0.717, 1.165) is 33.6 Å². The van der Waals surface area contributed by atoms with E-state index in [1.165, 1.54) is 24.4 Å². The van der Waals surface area contributed by atoms with Crippen LogP contribution in [0.5, 0.6) is 0 Å². The lowest BCUT2D eigenvalue weighted by Gasteiger charge is -2.14. The first-order chi connectivity index (χ1) is 17.0. The second-order valence-corrected chi connectivity index (χ2v) is 8.85. The topological polar surface area (TPSA) is 118 Å². The van der Waals surface area contributed by atoms with Gasteiger partial charge in [-0.05, 0) is 40.5 Å². The van der Waals surface area contributed by atoms with Gasteiger partial charge in [-0.15, -0.1) is 0 Å². The zero-order valence-corrected chi connectivity index (χ0v) is 19.0. The van der Waals surface area contributed by atoms with Gasteiger partial charge in [-0.2, -0.15) is 0 Å². The molecule has 5 rings (SSSR count). The van der Waals surface area contributed by atoms with E-state index in [9.17, 15) is 14.4 Å². The van der Waals surface area contributed by atoms with Gasteiger partial charge in [0.25, 0.3) is 5.91 Å². The highest BCUT2D eigenvalue weighted by Gasteiger charge is 2.29. The fourth-order valence-electron chi connectivity index (χ4n) is 4.08. The number of aromatic carboxylic acids is 1. The minimum absolute atomic E-state index is 0.0599. The standard InChI is InChI=1S/C26H19N3O5S/c30-23(28-16-7-5-6-15(12-16)24(31)32)22-13-27-25(35-22)29-26(33)34-14-21-19-10-3-1-8-17(19)18-9-2-4-11-20(18)21/h1-13,21H,14H2,(H,28,30)(H,31,32)(H,27,29,33). The van der Waals surface area contributed by atoms with E-state index < -0.39 is 18.0 Å². The number of carbonyl (C=O) groups is 3. The number of fused-ring (bicyclic) bond motifs is 3. The van der Waals surface area contributed by atoms with Crippen LogP contribution in [-0.4, -0.2) is 34.7 Å². The minimum Gasteiger partial charge on any atom is -0.478 e. The van der Waals surface area contributed by atoms with Crippen molar-refractivity contribution < 1.29 is 24.2 Å². The molecule has 0 aliphatic heterocycles. The van der Waals surface area contributed by atoms with Crippen LogP contribution < -0.4 is 10.6 Å². The molecule has 8 nitrogen and oxygen atoms in total. The first-order valence-electron chi connectivity index (χ1n) is 10.7. The molecule has 0 unspecified atom stereocenters. The van der Waals surface area contributed by atoms with Gasteiger partial charge in [-0.25, -0.2) is 14.6 Å². The van der Waals surface area contributed by atoms with E-state index in [-0.39, 0.29) is 28.1 Å². The molecule has 1 aromatic heterocycles. The number of amides is 2. The number of carbonyl (C=O) groups excluding carboxylic acids is 2. The van der Waals surface area contributed by atoms with Gasteiger partial charge >= 0.3 is 12.1 Å². The Morgan fingerprint density at radius 3 is 2.29 bits per heavy atom. The van der Waals surface area contributed by atoms with Crippen LogP contribution in [0.1, 0.15) is 37.1 Å². The van der Waals surface area contributed by atoms with Crippen molar-refractivity contribution in [3.63, 3.8) is 0 Å². The molecule has 1 heterocycles. The summed E-state index contributed by atoms with van der Waals surface area (Å²) in [6.45, 7) is 0.165.